The zero-order chi connectivity index (χ0) is 16.8. The van der Waals surface area contributed by atoms with Crippen molar-refractivity contribution < 1.29 is 9.53 Å². The van der Waals surface area contributed by atoms with Crippen LogP contribution in [-0.4, -0.2) is 19.1 Å². The summed E-state index contributed by atoms with van der Waals surface area (Å²) >= 11 is 0. The average molecular weight is 367 g/mol. The van der Waals surface area contributed by atoms with Gasteiger partial charge < -0.3 is 15.8 Å². The number of anilines is 1. The van der Waals surface area contributed by atoms with Crippen molar-refractivity contribution in [1.29, 1.82) is 0 Å². The van der Waals surface area contributed by atoms with Gasteiger partial charge in [0, 0.05) is 18.7 Å². The van der Waals surface area contributed by atoms with Crippen LogP contribution in [0.3, 0.4) is 0 Å². The Morgan fingerprint density at radius 1 is 1.24 bits per heavy atom. The van der Waals surface area contributed by atoms with Crippen LogP contribution in [-0.2, 0) is 16.1 Å². The summed E-state index contributed by atoms with van der Waals surface area (Å²) in [6, 6.07) is 7.98. The summed E-state index contributed by atoms with van der Waals surface area (Å²) in [6.45, 7) is 2.08. The van der Waals surface area contributed by atoms with Crippen molar-refractivity contribution in [3.63, 3.8) is 0 Å². The van der Waals surface area contributed by atoms with E-state index in [-0.39, 0.29) is 23.7 Å². The van der Waals surface area contributed by atoms with Crippen LogP contribution in [0.4, 0.5) is 5.69 Å². The minimum Gasteiger partial charge on any atom is -0.376 e. The molecule has 25 heavy (non-hydrogen) atoms. The number of hydrogen-bond acceptors (Lipinski definition) is 3. The number of halogens is 1. The first kappa shape index (κ1) is 20.2. The van der Waals surface area contributed by atoms with Crippen molar-refractivity contribution in [3.8, 4) is 0 Å². The van der Waals surface area contributed by atoms with E-state index in [9.17, 15) is 4.79 Å². The van der Waals surface area contributed by atoms with Gasteiger partial charge >= 0.3 is 0 Å². The Labute approximate surface area is 157 Å². The second kappa shape index (κ2) is 9.56. The average Bonchev–Trinajstić information content (AvgIpc) is 3.40. The Hall–Kier alpha value is -1.10. The van der Waals surface area contributed by atoms with Gasteiger partial charge in [0.1, 0.15) is 0 Å². The fourth-order valence-electron chi connectivity index (χ4n) is 3.67. The number of rotatable bonds is 8. The Balaban J connectivity index is 0.00000225. The SMILES string of the molecule is Cl.NCC1(CC(=O)Nc2cccc(COCC3CC3)c2)CCCCC1. The highest BCUT2D eigenvalue weighted by atomic mass is 35.5. The molecule has 0 bridgehead atoms. The summed E-state index contributed by atoms with van der Waals surface area (Å²) in [4.78, 5) is 12.5. The Bertz CT molecular complexity index is 554. The van der Waals surface area contributed by atoms with Crippen LogP contribution < -0.4 is 11.1 Å². The molecule has 3 N–H and O–H groups in total. The predicted molar refractivity (Wildman–Crippen MR) is 104 cm³/mol. The molecular weight excluding hydrogens is 336 g/mol. The molecule has 5 heteroatoms. The molecule has 4 nitrogen and oxygen atoms in total. The minimum atomic E-state index is 0. The first-order valence-corrected chi connectivity index (χ1v) is 9.36. The van der Waals surface area contributed by atoms with Crippen molar-refractivity contribution in [2.45, 2.75) is 58.0 Å². The van der Waals surface area contributed by atoms with Crippen LogP contribution in [0.5, 0.6) is 0 Å². The van der Waals surface area contributed by atoms with Gasteiger partial charge in [0.15, 0.2) is 0 Å². The molecule has 0 aromatic heterocycles. The molecule has 2 aliphatic rings. The maximum absolute atomic E-state index is 12.5. The van der Waals surface area contributed by atoms with E-state index in [1.807, 2.05) is 24.3 Å². The maximum Gasteiger partial charge on any atom is 0.224 e. The molecule has 140 valence electrons. The molecule has 0 atom stereocenters. The molecule has 1 aromatic carbocycles. The van der Waals surface area contributed by atoms with Gasteiger partial charge in [-0.25, -0.2) is 0 Å². The van der Waals surface area contributed by atoms with Crippen molar-refractivity contribution in [1.82, 2.24) is 0 Å². The van der Waals surface area contributed by atoms with Crippen LogP contribution in [0.25, 0.3) is 0 Å². The number of carbonyl (C=O) groups excluding carboxylic acids is 1. The van der Waals surface area contributed by atoms with Gasteiger partial charge in [-0.2, -0.15) is 0 Å². The van der Waals surface area contributed by atoms with E-state index in [0.29, 0.717) is 19.6 Å². The zero-order valence-electron chi connectivity index (χ0n) is 15.0. The molecule has 0 aliphatic heterocycles. The van der Waals surface area contributed by atoms with Crippen LogP contribution in [0.1, 0.15) is 56.9 Å². The number of ether oxygens (including phenoxy) is 1. The molecule has 0 radical (unpaired) electrons. The van der Waals surface area contributed by atoms with Gasteiger partial charge in [0.2, 0.25) is 5.91 Å². The van der Waals surface area contributed by atoms with Crippen molar-refractivity contribution in [3.05, 3.63) is 29.8 Å². The molecule has 0 saturated heterocycles. The highest BCUT2D eigenvalue weighted by molar-refractivity contribution is 5.91. The lowest BCUT2D eigenvalue weighted by atomic mass is 9.71. The van der Waals surface area contributed by atoms with E-state index >= 15 is 0 Å². The van der Waals surface area contributed by atoms with E-state index in [0.717, 1.165) is 36.6 Å². The monoisotopic (exact) mass is 366 g/mol. The highest BCUT2D eigenvalue weighted by Crippen LogP contribution is 2.38. The number of carbonyl (C=O) groups is 1. The number of nitrogens with two attached hydrogens (primary N) is 1. The summed E-state index contributed by atoms with van der Waals surface area (Å²) in [5, 5.41) is 3.05. The summed E-state index contributed by atoms with van der Waals surface area (Å²) in [5.41, 5.74) is 7.97. The Kier molecular flexibility index (Phi) is 7.73. The standard InChI is InChI=1S/C20H30N2O2.ClH/c21-15-20(9-2-1-3-10-20)12-19(23)22-18-6-4-5-17(11-18)14-24-13-16-7-8-16;/h4-6,11,16H,1-3,7-10,12-15,21H2,(H,22,23);1H. The number of nitrogens with one attached hydrogen (secondary N) is 1. The predicted octanol–water partition coefficient (Wildman–Crippen LogP) is 4.27. The quantitative estimate of drug-likeness (QED) is 0.722. The largest absolute Gasteiger partial charge is 0.376 e. The van der Waals surface area contributed by atoms with Crippen molar-refractivity contribution >= 4 is 24.0 Å². The fourth-order valence-corrected chi connectivity index (χ4v) is 3.67. The van der Waals surface area contributed by atoms with E-state index in [1.165, 1.54) is 32.1 Å². The van der Waals surface area contributed by atoms with Gasteiger partial charge in [0.05, 0.1) is 6.61 Å². The molecule has 0 unspecified atom stereocenters. The molecule has 0 heterocycles. The van der Waals surface area contributed by atoms with Gasteiger partial charge in [-0.15, -0.1) is 12.4 Å². The smallest absolute Gasteiger partial charge is 0.224 e. The summed E-state index contributed by atoms with van der Waals surface area (Å²) in [7, 11) is 0. The third kappa shape index (κ3) is 6.28. The fraction of sp³-hybridized carbons (Fsp3) is 0.650. The lowest BCUT2D eigenvalue weighted by molar-refractivity contribution is -0.118. The third-order valence-electron chi connectivity index (χ3n) is 5.41. The first-order chi connectivity index (χ1) is 11.7. The zero-order valence-corrected chi connectivity index (χ0v) is 15.8. The van der Waals surface area contributed by atoms with Crippen molar-refractivity contribution in [2.75, 3.05) is 18.5 Å². The van der Waals surface area contributed by atoms with Gasteiger partial charge in [-0.3, -0.25) is 4.79 Å². The first-order valence-electron chi connectivity index (χ1n) is 9.36. The third-order valence-corrected chi connectivity index (χ3v) is 5.41. The van der Waals surface area contributed by atoms with E-state index in [1.54, 1.807) is 0 Å². The van der Waals surface area contributed by atoms with Gasteiger partial charge in [-0.1, -0.05) is 31.4 Å². The molecular formula is C20H31ClN2O2. The van der Waals surface area contributed by atoms with Crippen LogP contribution in [0.2, 0.25) is 0 Å². The maximum atomic E-state index is 12.5. The molecule has 2 aliphatic carbocycles. The topological polar surface area (TPSA) is 64.4 Å². The molecule has 1 amide bonds. The molecule has 2 saturated carbocycles. The summed E-state index contributed by atoms with van der Waals surface area (Å²) < 4.78 is 5.73. The minimum absolute atomic E-state index is 0. The number of benzene rings is 1. The summed E-state index contributed by atoms with van der Waals surface area (Å²) in [6.07, 6.45) is 8.95. The van der Waals surface area contributed by atoms with Crippen LogP contribution >= 0.6 is 12.4 Å². The molecule has 1 aromatic rings. The second-order valence-corrected chi connectivity index (χ2v) is 7.65. The molecule has 3 rings (SSSR count). The number of hydrogen-bond donors (Lipinski definition) is 2. The van der Waals surface area contributed by atoms with E-state index in [2.05, 4.69) is 5.32 Å². The normalized spacial score (nSPS) is 19.1. The van der Waals surface area contributed by atoms with E-state index in [4.69, 9.17) is 10.5 Å². The Morgan fingerprint density at radius 3 is 2.68 bits per heavy atom. The number of amides is 1. The Morgan fingerprint density at radius 2 is 2.00 bits per heavy atom. The highest BCUT2D eigenvalue weighted by Gasteiger charge is 2.32. The lowest BCUT2D eigenvalue weighted by Crippen LogP contribution is -2.36. The second-order valence-electron chi connectivity index (χ2n) is 7.65. The summed E-state index contributed by atoms with van der Waals surface area (Å²) in [5.74, 6) is 0.856. The van der Waals surface area contributed by atoms with Crippen LogP contribution in [0.15, 0.2) is 24.3 Å². The van der Waals surface area contributed by atoms with Gasteiger partial charge in [0.25, 0.3) is 0 Å². The van der Waals surface area contributed by atoms with E-state index < -0.39 is 0 Å². The van der Waals surface area contributed by atoms with Crippen LogP contribution in [0, 0.1) is 11.3 Å². The van der Waals surface area contributed by atoms with Crippen molar-refractivity contribution in [2.24, 2.45) is 17.1 Å². The molecule has 2 fully saturated rings. The van der Waals surface area contributed by atoms with Gasteiger partial charge in [-0.05, 0) is 61.3 Å². The lowest BCUT2D eigenvalue weighted by Gasteiger charge is -2.35. The molecule has 0 spiro atoms.